The Morgan fingerprint density at radius 1 is 0.200 bits per heavy atom. The molecule has 6 nitrogen and oxygen atoms in total. The van der Waals surface area contributed by atoms with E-state index in [9.17, 15) is 0 Å². The zero-order chi connectivity index (χ0) is 45.9. The van der Waals surface area contributed by atoms with Crippen molar-refractivity contribution in [3.05, 3.63) is 243 Å². The summed E-state index contributed by atoms with van der Waals surface area (Å²) in [6.45, 7) is 0. The maximum absolute atomic E-state index is 5.45. The summed E-state index contributed by atoms with van der Waals surface area (Å²) in [5, 5.41) is 9.35. The molecule has 0 saturated carbocycles. The molecule has 15 rings (SSSR count). The van der Waals surface area contributed by atoms with Crippen molar-refractivity contribution in [2.45, 2.75) is 0 Å². The van der Waals surface area contributed by atoms with Gasteiger partial charge in [-0.25, -0.2) is 0 Å². The van der Waals surface area contributed by atoms with Crippen LogP contribution in [-0.4, -0.2) is 28.2 Å². The van der Waals surface area contributed by atoms with Crippen molar-refractivity contribution < 1.29 is 0 Å². The fourth-order valence-electron chi connectivity index (χ4n) is 11.7. The summed E-state index contributed by atoms with van der Waals surface area (Å²) in [7, 11) is 0. The van der Waals surface area contributed by atoms with Gasteiger partial charge in [0.25, 0.3) is 0 Å². The van der Waals surface area contributed by atoms with Crippen LogP contribution in [0, 0.1) is 0 Å². The number of fused-ring (bicyclic) bond motifs is 12. The van der Waals surface area contributed by atoms with Gasteiger partial charge in [-0.2, -0.15) is 0 Å². The molecule has 9 aromatic carbocycles. The molecule has 0 aliphatic carbocycles. The zero-order valence-electron chi connectivity index (χ0n) is 37.8. The third kappa shape index (κ3) is 5.33. The molecule has 0 radical (unpaired) electrons. The lowest BCUT2D eigenvalue weighted by Gasteiger charge is -2.30. The van der Waals surface area contributed by atoms with Crippen molar-refractivity contribution >= 4 is 87.2 Å². The van der Waals surface area contributed by atoms with Crippen molar-refractivity contribution in [3.63, 3.8) is 0 Å². The van der Waals surface area contributed by atoms with E-state index in [-0.39, 0.29) is 0 Å². The van der Waals surface area contributed by atoms with Crippen LogP contribution in [-0.2, 0) is 0 Å². The Kier molecular flexibility index (Phi) is 8.26. The highest BCUT2D eigenvalue weighted by atomic mass is 15.1. The van der Waals surface area contributed by atoms with Gasteiger partial charge in [-0.15, -0.1) is 0 Å². The first-order valence-electron chi connectivity index (χ1n) is 23.8. The number of pyridine rings is 2. The summed E-state index contributed by atoms with van der Waals surface area (Å²) in [4.78, 5) is 10.9. The van der Waals surface area contributed by atoms with Crippen molar-refractivity contribution in [2.24, 2.45) is 0 Å². The van der Waals surface area contributed by atoms with Gasteiger partial charge in [-0.05, 0) is 72.8 Å². The Balaban J connectivity index is 1.35. The van der Waals surface area contributed by atoms with Crippen molar-refractivity contribution in [1.29, 1.82) is 0 Å². The standard InChI is InChI=1S/C64H40N6/c1-9-31-51-41(21-1)42-22-2-10-32-52(42)67(51)61-59(49-29-17-19-39-65-49)63(69-55-35-13-5-25-45(55)46-26-6-14-36-56(46)69)64(70-57-37-15-7-27-47(57)48-28-8-16-38-58(48)70)60(50-30-18-20-40-66-50)62(61)68-53-33-11-3-23-43(53)44-24-4-12-34-54(44)68/h1-40H. The van der Waals surface area contributed by atoms with Crippen molar-refractivity contribution in [1.82, 2.24) is 28.2 Å². The van der Waals surface area contributed by atoms with E-state index >= 15 is 0 Å². The molecule has 0 N–H and O–H groups in total. The second kappa shape index (κ2) is 15.0. The molecular weight excluding hydrogens is 853 g/mol. The van der Waals surface area contributed by atoms with E-state index in [2.05, 4.69) is 237 Å². The molecule has 0 bridgehead atoms. The molecule has 0 unspecified atom stereocenters. The Hall–Kier alpha value is -9.52. The summed E-state index contributed by atoms with van der Waals surface area (Å²) in [6, 6.07) is 83.5. The fraction of sp³-hybridized carbons (Fsp3) is 0. The maximum atomic E-state index is 5.45. The number of rotatable bonds is 6. The van der Waals surface area contributed by atoms with E-state index in [4.69, 9.17) is 9.97 Å². The van der Waals surface area contributed by atoms with Crippen LogP contribution in [0.1, 0.15) is 0 Å². The predicted molar refractivity (Wildman–Crippen MR) is 290 cm³/mol. The predicted octanol–water partition coefficient (Wildman–Crippen LogP) is 16.2. The van der Waals surface area contributed by atoms with E-state index < -0.39 is 0 Å². The van der Waals surface area contributed by atoms with E-state index in [1.807, 2.05) is 24.5 Å². The Bertz CT molecular complexity index is 3830. The lowest BCUT2D eigenvalue weighted by molar-refractivity contribution is 1.04. The molecule has 0 spiro atoms. The van der Waals surface area contributed by atoms with Gasteiger partial charge in [-0.1, -0.05) is 158 Å². The molecule has 6 heteroatoms. The lowest BCUT2D eigenvalue weighted by atomic mass is 9.93. The molecular formula is C64H40N6. The number of nitrogens with zero attached hydrogens (tertiary/aromatic N) is 6. The van der Waals surface area contributed by atoms with E-state index in [1.54, 1.807) is 0 Å². The number of hydrogen-bond donors (Lipinski definition) is 0. The normalized spacial score (nSPS) is 12.0. The molecule has 70 heavy (non-hydrogen) atoms. The summed E-state index contributed by atoms with van der Waals surface area (Å²) in [5.41, 5.74) is 16.3. The maximum Gasteiger partial charge on any atom is 0.0827 e. The molecule has 6 aromatic heterocycles. The fourth-order valence-corrected chi connectivity index (χ4v) is 11.7. The minimum atomic E-state index is 0.841. The molecule has 0 fully saturated rings. The first kappa shape index (κ1) is 38.6. The van der Waals surface area contributed by atoms with Crippen LogP contribution in [0.25, 0.3) is 132 Å². The summed E-state index contributed by atoms with van der Waals surface area (Å²) >= 11 is 0. The highest BCUT2D eigenvalue weighted by Gasteiger charge is 2.36. The molecule has 0 aliphatic rings. The topological polar surface area (TPSA) is 45.5 Å². The molecule has 6 heterocycles. The first-order valence-corrected chi connectivity index (χ1v) is 23.8. The van der Waals surface area contributed by atoms with Crippen LogP contribution in [0.4, 0.5) is 0 Å². The van der Waals surface area contributed by atoms with Crippen LogP contribution >= 0.6 is 0 Å². The summed E-state index contributed by atoms with van der Waals surface area (Å²) in [6.07, 6.45) is 3.88. The van der Waals surface area contributed by atoms with Gasteiger partial charge in [0.05, 0.1) is 89.4 Å². The molecule has 0 aliphatic heterocycles. The van der Waals surface area contributed by atoms with Gasteiger partial charge in [0, 0.05) is 55.5 Å². The van der Waals surface area contributed by atoms with Gasteiger partial charge in [0.2, 0.25) is 0 Å². The van der Waals surface area contributed by atoms with Crippen LogP contribution in [0.2, 0.25) is 0 Å². The number of hydrogen-bond acceptors (Lipinski definition) is 2. The van der Waals surface area contributed by atoms with Crippen LogP contribution in [0.3, 0.4) is 0 Å². The lowest BCUT2D eigenvalue weighted by Crippen LogP contribution is -2.16. The Morgan fingerprint density at radius 3 is 0.571 bits per heavy atom. The zero-order valence-corrected chi connectivity index (χ0v) is 37.8. The van der Waals surface area contributed by atoms with Gasteiger partial charge >= 0.3 is 0 Å². The average Bonchev–Trinajstić information content (AvgIpc) is 4.16. The second-order valence-corrected chi connectivity index (χ2v) is 18.1. The molecule has 0 amide bonds. The van der Waals surface area contributed by atoms with Crippen LogP contribution in [0.15, 0.2) is 243 Å². The molecule has 15 aromatic rings. The molecule has 326 valence electrons. The average molecular weight is 893 g/mol. The minimum Gasteiger partial charge on any atom is -0.306 e. The van der Waals surface area contributed by atoms with Gasteiger partial charge in [0.15, 0.2) is 0 Å². The van der Waals surface area contributed by atoms with Crippen molar-refractivity contribution in [2.75, 3.05) is 0 Å². The summed E-state index contributed by atoms with van der Waals surface area (Å²) in [5.74, 6) is 0. The monoisotopic (exact) mass is 892 g/mol. The van der Waals surface area contributed by atoms with E-state index in [0.29, 0.717) is 0 Å². The second-order valence-electron chi connectivity index (χ2n) is 18.1. The highest BCUT2D eigenvalue weighted by molar-refractivity contribution is 6.18. The molecule has 0 saturated heterocycles. The largest absolute Gasteiger partial charge is 0.306 e. The molecule has 0 atom stereocenters. The van der Waals surface area contributed by atoms with E-state index in [1.165, 1.54) is 43.1 Å². The minimum absolute atomic E-state index is 0.841. The Labute approximate surface area is 401 Å². The van der Waals surface area contributed by atoms with Crippen LogP contribution < -0.4 is 0 Å². The van der Waals surface area contributed by atoms with Crippen LogP contribution in [0.5, 0.6) is 0 Å². The third-order valence-corrected chi connectivity index (χ3v) is 14.5. The van der Waals surface area contributed by atoms with E-state index in [0.717, 1.165) is 89.4 Å². The smallest absolute Gasteiger partial charge is 0.0827 e. The highest BCUT2D eigenvalue weighted by Crippen LogP contribution is 2.53. The first-order chi connectivity index (χ1) is 34.8. The quantitative estimate of drug-likeness (QED) is 0.167. The SMILES string of the molecule is c1ccc(-c2c(-n3c4ccccc4c4ccccc43)c(-n3c4ccccc4c4ccccc43)c(-c3ccccn3)c(-n3c4ccccc4c4ccccc43)c2-n2c3ccccc3c3ccccc32)nc1. The third-order valence-electron chi connectivity index (χ3n) is 14.5. The van der Waals surface area contributed by atoms with Gasteiger partial charge in [-0.3, -0.25) is 9.97 Å². The Morgan fingerprint density at radius 2 is 0.386 bits per heavy atom. The van der Waals surface area contributed by atoms with Crippen molar-refractivity contribution in [3.8, 4) is 45.3 Å². The van der Waals surface area contributed by atoms with Gasteiger partial charge in [0.1, 0.15) is 0 Å². The van der Waals surface area contributed by atoms with Gasteiger partial charge < -0.3 is 18.3 Å². The number of para-hydroxylation sites is 8. The summed E-state index contributed by atoms with van der Waals surface area (Å²) < 4.78 is 10.1. The number of aromatic nitrogens is 6. The number of benzene rings is 9.